The Hall–Kier alpha value is -3.27. The molecule has 0 atom stereocenters. The first-order valence-electron chi connectivity index (χ1n) is 7.27. The summed E-state index contributed by atoms with van der Waals surface area (Å²) in [5, 5.41) is 12.0. The van der Waals surface area contributed by atoms with E-state index in [-0.39, 0.29) is 22.9 Å². The van der Waals surface area contributed by atoms with Crippen molar-refractivity contribution in [3.8, 4) is 11.8 Å². The maximum atomic E-state index is 12.1. The topological polar surface area (TPSA) is 110 Å². The van der Waals surface area contributed by atoms with Crippen molar-refractivity contribution < 1.29 is 14.3 Å². The number of fused-ring (bicyclic) bond motifs is 1. The van der Waals surface area contributed by atoms with Crippen LogP contribution in [0.3, 0.4) is 0 Å². The fourth-order valence-corrected chi connectivity index (χ4v) is 2.83. The van der Waals surface area contributed by atoms with Crippen LogP contribution in [-0.4, -0.2) is 23.6 Å². The highest BCUT2D eigenvalue weighted by Gasteiger charge is 2.38. The fourth-order valence-electron chi connectivity index (χ4n) is 2.83. The third-order valence-corrected chi connectivity index (χ3v) is 4.31. The molecule has 0 bridgehead atoms. The largest absolute Gasteiger partial charge is 0.464 e. The van der Waals surface area contributed by atoms with Crippen LogP contribution >= 0.6 is 0 Å². The lowest BCUT2D eigenvalue weighted by Gasteiger charge is -2.16. The lowest BCUT2D eigenvalue weighted by Crippen LogP contribution is -2.26. The Labute approximate surface area is 138 Å². The molecule has 0 saturated heterocycles. The molecule has 0 spiro atoms. The summed E-state index contributed by atoms with van der Waals surface area (Å²) in [6.07, 6.45) is 1.49. The van der Waals surface area contributed by atoms with Crippen molar-refractivity contribution in [2.45, 2.75) is 19.3 Å². The zero-order chi connectivity index (χ0) is 17.6. The van der Waals surface area contributed by atoms with Crippen molar-refractivity contribution in [3.63, 3.8) is 0 Å². The van der Waals surface area contributed by atoms with Crippen LogP contribution in [-0.2, 0) is 14.9 Å². The number of ether oxygens (including phenoxy) is 1. The van der Waals surface area contributed by atoms with E-state index in [1.165, 1.54) is 17.9 Å². The lowest BCUT2D eigenvalue weighted by atomic mass is 9.86. The Kier molecular flexibility index (Phi) is 3.34. The van der Waals surface area contributed by atoms with Crippen molar-refractivity contribution >= 4 is 23.3 Å². The highest BCUT2D eigenvalue weighted by molar-refractivity contribution is 6.06. The van der Waals surface area contributed by atoms with E-state index in [2.05, 4.69) is 5.32 Å². The van der Waals surface area contributed by atoms with Gasteiger partial charge >= 0.3 is 5.97 Å². The van der Waals surface area contributed by atoms with E-state index in [9.17, 15) is 14.9 Å². The molecule has 0 fully saturated rings. The first kappa shape index (κ1) is 15.6. The van der Waals surface area contributed by atoms with Gasteiger partial charge in [-0.3, -0.25) is 4.79 Å². The first-order valence-corrected chi connectivity index (χ1v) is 7.27. The van der Waals surface area contributed by atoms with Crippen molar-refractivity contribution in [1.82, 2.24) is 4.57 Å². The smallest absolute Gasteiger partial charge is 0.357 e. The predicted octanol–water partition coefficient (Wildman–Crippen LogP) is 1.95. The number of anilines is 2. The molecule has 2 aromatic rings. The molecule has 0 unspecified atom stereocenters. The van der Waals surface area contributed by atoms with Crippen LogP contribution in [0.25, 0.3) is 5.69 Å². The second kappa shape index (κ2) is 5.13. The minimum atomic E-state index is -0.687. The summed E-state index contributed by atoms with van der Waals surface area (Å²) in [6, 6.07) is 7.27. The number of benzene rings is 1. The molecule has 2 heterocycles. The van der Waals surface area contributed by atoms with Gasteiger partial charge in [-0.2, -0.15) is 5.26 Å². The van der Waals surface area contributed by atoms with E-state index in [0.717, 1.165) is 11.3 Å². The Bertz CT molecular complexity index is 919. The molecule has 3 rings (SSSR count). The standard InChI is InChI=1S/C17H16N4O3/c1-17(2)11-6-10(4-5-12(11)20-16(17)23)21-8-9(7-18)13(19)14(21)15(22)24-3/h4-6,8H,19H2,1-3H3,(H,20,23). The van der Waals surface area contributed by atoms with E-state index in [0.29, 0.717) is 5.69 Å². The molecule has 3 N–H and O–H groups in total. The number of rotatable bonds is 2. The molecule has 1 amide bonds. The van der Waals surface area contributed by atoms with Crippen LogP contribution in [0.1, 0.15) is 35.5 Å². The van der Waals surface area contributed by atoms with Crippen molar-refractivity contribution in [2.24, 2.45) is 0 Å². The molecule has 1 aliphatic heterocycles. The highest BCUT2D eigenvalue weighted by atomic mass is 16.5. The van der Waals surface area contributed by atoms with Gasteiger partial charge in [0.2, 0.25) is 5.91 Å². The third kappa shape index (κ3) is 2.04. The maximum Gasteiger partial charge on any atom is 0.357 e. The van der Waals surface area contributed by atoms with Gasteiger partial charge in [0.25, 0.3) is 0 Å². The van der Waals surface area contributed by atoms with E-state index >= 15 is 0 Å². The summed E-state index contributed by atoms with van der Waals surface area (Å²) in [5.41, 5.74) is 7.72. The van der Waals surface area contributed by atoms with Gasteiger partial charge in [0.05, 0.1) is 23.8 Å². The number of nitrogens with zero attached hydrogens (tertiary/aromatic N) is 2. The monoisotopic (exact) mass is 324 g/mol. The summed E-state index contributed by atoms with van der Waals surface area (Å²) in [5.74, 6) is -0.726. The number of hydrogen-bond donors (Lipinski definition) is 2. The van der Waals surface area contributed by atoms with Gasteiger partial charge in [0.15, 0.2) is 5.69 Å². The molecule has 0 aliphatic carbocycles. The Balaban J connectivity index is 2.22. The van der Waals surface area contributed by atoms with Gasteiger partial charge < -0.3 is 20.4 Å². The van der Waals surface area contributed by atoms with Gasteiger partial charge in [-0.15, -0.1) is 0 Å². The summed E-state index contributed by atoms with van der Waals surface area (Å²) >= 11 is 0. The summed E-state index contributed by atoms with van der Waals surface area (Å²) in [6.45, 7) is 3.65. The van der Waals surface area contributed by atoms with Gasteiger partial charge in [-0.25, -0.2) is 4.79 Å². The molecule has 1 aliphatic rings. The van der Waals surface area contributed by atoms with Crippen molar-refractivity contribution in [3.05, 3.63) is 41.2 Å². The van der Waals surface area contributed by atoms with E-state index in [1.54, 1.807) is 18.2 Å². The van der Waals surface area contributed by atoms with Crippen LogP contribution in [0.2, 0.25) is 0 Å². The number of carbonyl (C=O) groups excluding carboxylic acids is 2. The van der Waals surface area contributed by atoms with Crippen LogP contribution in [0.4, 0.5) is 11.4 Å². The Morgan fingerprint density at radius 2 is 2.12 bits per heavy atom. The van der Waals surface area contributed by atoms with Crippen LogP contribution in [0, 0.1) is 11.3 Å². The number of nitrogens with one attached hydrogen (secondary N) is 1. The second-order valence-corrected chi connectivity index (χ2v) is 6.09. The zero-order valence-electron chi connectivity index (χ0n) is 13.5. The van der Waals surface area contributed by atoms with E-state index in [1.807, 2.05) is 19.9 Å². The zero-order valence-corrected chi connectivity index (χ0v) is 13.5. The quantitative estimate of drug-likeness (QED) is 0.820. The number of methoxy groups -OCH3 is 1. The van der Waals surface area contributed by atoms with Crippen LogP contribution < -0.4 is 11.1 Å². The average Bonchev–Trinajstić information content (AvgIpc) is 3.01. The van der Waals surface area contributed by atoms with E-state index < -0.39 is 11.4 Å². The SMILES string of the molecule is COC(=O)c1c(N)c(C#N)cn1-c1ccc2c(c1)C(C)(C)C(=O)N2. The summed E-state index contributed by atoms with van der Waals surface area (Å²) in [4.78, 5) is 24.1. The average molecular weight is 324 g/mol. The minimum absolute atomic E-state index is 0.0679. The molecule has 7 heteroatoms. The van der Waals surface area contributed by atoms with Gasteiger partial charge in [0.1, 0.15) is 6.07 Å². The molecule has 1 aromatic heterocycles. The van der Waals surface area contributed by atoms with Gasteiger partial charge in [-0.1, -0.05) is 0 Å². The Morgan fingerprint density at radius 3 is 2.75 bits per heavy atom. The molecule has 0 radical (unpaired) electrons. The van der Waals surface area contributed by atoms with Crippen molar-refractivity contribution in [2.75, 3.05) is 18.2 Å². The Morgan fingerprint density at radius 1 is 1.42 bits per heavy atom. The third-order valence-electron chi connectivity index (χ3n) is 4.31. The molecule has 24 heavy (non-hydrogen) atoms. The number of aromatic nitrogens is 1. The number of carbonyl (C=O) groups is 2. The lowest BCUT2D eigenvalue weighted by molar-refractivity contribution is -0.119. The van der Waals surface area contributed by atoms with Crippen LogP contribution in [0.5, 0.6) is 0 Å². The molecule has 1 aromatic carbocycles. The highest BCUT2D eigenvalue weighted by Crippen LogP contribution is 2.39. The minimum Gasteiger partial charge on any atom is -0.464 e. The number of esters is 1. The molecule has 7 nitrogen and oxygen atoms in total. The number of hydrogen-bond acceptors (Lipinski definition) is 5. The molecular formula is C17H16N4O3. The summed E-state index contributed by atoms with van der Waals surface area (Å²) < 4.78 is 6.28. The van der Waals surface area contributed by atoms with Crippen LogP contribution in [0.15, 0.2) is 24.4 Å². The number of nitrogen functional groups attached to an aromatic ring is 1. The van der Waals surface area contributed by atoms with Gasteiger partial charge in [0, 0.05) is 17.6 Å². The van der Waals surface area contributed by atoms with E-state index in [4.69, 9.17) is 10.5 Å². The molecular weight excluding hydrogens is 308 g/mol. The normalized spacial score (nSPS) is 14.7. The fraction of sp³-hybridized carbons (Fsp3) is 0.235. The predicted molar refractivity (Wildman–Crippen MR) is 87.9 cm³/mol. The van der Waals surface area contributed by atoms with Crippen molar-refractivity contribution in [1.29, 1.82) is 5.26 Å². The van der Waals surface area contributed by atoms with Gasteiger partial charge in [-0.05, 0) is 37.6 Å². The first-order chi connectivity index (χ1) is 11.3. The summed E-state index contributed by atoms with van der Waals surface area (Å²) in [7, 11) is 1.25. The maximum absolute atomic E-state index is 12.1. The second-order valence-electron chi connectivity index (χ2n) is 6.09. The number of nitrogens with two attached hydrogens (primary N) is 1. The number of nitriles is 1. The molecule has 0 saturated carbocycles. The molecule has 122 valence electrons. The number of amides is 1.